The quantitative estimate of drug-likeness (QED) is 0.436. The molecule has 11 heavy (non-hydrogen) atoms. The number of unbranched alkanes of at least 4 members (excludes halogenated alkanes) is 5. The van der Waals surface area contributed by atoms with Crippen LogP contribution in [0.5, 0.6) is 0 Å². The van der Waals surface area contributed by atoms with E-state index in [0.29, 0.717) is 0 Å². The molecular weight excluding hydrogens is 378 g/mol. The van der Waals surface area contributed by atoms with Gasteiger partial charge in [0.15, 0.2) is 0 Å². The summed E-state index contributed by atoms with van der Waals surface area (Å²) < 4.78 is 1.44. The predicted octanol–water partition coefficient (Wildman–Crippen LogP) is 4.62. The van der Waals surface area contributed by atoms with Crippen molar-refractivity contribution in [1.82, 2.24) is 0 Å². The number of hydrogen-bond acceptors (Lipinski definition) is 0. The summed E-state index contributed by atoms with van der Waals surface area (Å²) in [6.07, 6.45) is 8.55. The maximum atomic E-state index is 3.66. The third-order valence-electron chi connectivity index (χ3n) is 1.68. The molecule has 0 saturated carbocycles. The van der Waals surface area contributed by atoms with Crippen molar-refractivity contribution >= 4 is 40.9 Å². The van der Waals surface area contributed by atoms with E-state index in [9.17, 15) is 0 Å². The van der Waals surface area contributed by atoms with Crippen molar-refractivity contribution in [3.63, 3.8) is 0 Å². The fourth-order valence-corrected chi connectivity index (χ4v) is 5.70. The van der Waals surface area contributed by atoms with Gasteiger partial charge in [0.05, 0.1) is 0 Å². The van der Waals surface area contributed by atoms with Gasteiger partial charge in [-0.05, 0) is 0 Å². The molecule has 0 aromatic heterocycles. The number of hydrogen-bond donors (Lipinski definition) is 0. The summed E-state index contributed by atoms with van der Waals surface area (Å²) in [6, 6.07) is 0. The van der Waals surface area contributed by atoms with Gasteiger partial charge in [0.2, 0.25) is 0 Å². The summed E-state index contributed by atoms with van der Waals surface area (Å²) >= 11 is 6.35. The first kappa shape index (κ1) is 12.8. The van der Waals surface area contributed by atoms with Gasteiger partial charge in [0.25, 0.3) is 0 Å². The maximum absolute atomic E-state index is 3.66. The van der Waals surface area contributed by atoms with E-state index in [4.69, 9.17) is 0 Å². The Bertz CT molecular complexity index is 76.5. The molecule has 0 unspecified atom stereocenters. The van der Waals surface area contributed by atoms with E-state index in [-0.39, 0.29) is 0 Å². The topological polar surface area (TPSA) is 0 Å². The van der Waals surface area contributed by atoms with E-state index in [1.54, 1.807) is 0 Å². The molecule has 0 radical (unpaired) electrons. The van der Waals surface area contributed by atoms with E-state index >= 15 is 0 Å². The monoisotopic (exact) mass is 392 g/mol. The van der Waals surface area contributed by atoms with E-state index in [1.165, 1.54) is 42.9 Å². The molecule has 0 fully saturated rings. The first-order valence-corrected chi connectivity index (χ1v) is 17.6. The molecule has 0 spiro atoms. The molecule has 68 valence electrons. The zero-order chi connectivity index (χ0) is 8.53. The summed E-state index contributed by atoms with van der Waals surface area (Å²) in [5.74, 6) is 0. The predicted molar refractivity (Wildman–Crippen MR) is 61.8 cm³/mol. The van der Waals surface area contributed by atoms with E-state index in [2.05, 4.69) is 32.1 Å². The molecule has 0 heterocycles. The Morgan fingerprint density at radius 2 is 1.45 bits per heavy atom. The van der Waals surface area contributed by atoms with Crippen LogP contribution in [0.25, 0.3) is 0 Å². The Labute approximate surface area is 89.8 Å². The molecular formula is C8H17Br2Sb. The van der Waals surface area contributed by atoms with Gasteiger partial charge >= 0.3 is 90.7 Å². The minimum absolute atomic E-state index is 0.967. The molecule has 0 N–H and O–H groups in total. The van der Waals surface area contributed by atoms with Crippen LogP contribution in [-0.2, 0) is 0 Å². The summed E-state index contributed by atoms with van der Waals surface area (Å²) in [7, 11) is 0. The van der Waals surface area contributed by atoms with Gasteiger partial charge in [0.1, 0.15) is 0 Å². The Balaban J connectivity index is 2.80. The van der Waals surface area contributed by atoms with Crippen LogP contribution >= 0.6 is 25.2 Å². The van der Waals surface area contributed by atoms with Crippen molar-refractivity contribution in [3.05, 3.63) is 0 Å². The van der Waals surface area contributed by atoms with E-state index in [0.717, 1.165) is 0 Å². The number of halogens is 2. The van der Waals surface area contributed by atoms with Crippen LogP contribution in [0, 0.1) is 0 Å². The van der Waals surface area contributed by atoms with Crippen LogP contribution in [0.3, 0.4) is 0 Å². The van der Waals surface area contributed by atoms with Gasteiger partial charge in [-0.1, -0.05) is 0 Å². The average molecular weight is 395 g/mol. The van der Waals surface area contributed by atoms with Crippen molar-refractivity contribution in [1.29, 1.82) is 0 Å². The summed E-state index contributed by atoms with van der Waals surface area (Å²) in [5.41, 5.74) is 0. The van der Waals surface area contributed by atoms with Gasteiger partial charge in [0, 0.05) is 0 Å². The summed E-state index contributed by atoms with van der Waals surface area (Å²) in [5, 5.41) is 0. The molecule has 0 saturated heterocycles. The third kappa shape index (κ3) is 11.8. The Kier molecular flexibility index (Phi) is 11.5. The second kappa shape index (κ2) is 9.86. The molecule has 0 rings (SSSR count). The summed E-state index contributed by atoms with van der Waals surface area (Å²) in [6.45, 7) is 2.27. The van der Waals surface area contributed by atoms with Gasteiger partial charge in [-0.3, -0.25) is 0 Å². The SMILES string of the molecule is CCCCCCC[CH2][Sb]([Br])[Br]. The average Bonchev–Trinajstić information content (AvgIpc) is 1.96. The van der Waals surface area contributed by atoms with Crippen LogP contribution < -0.4 is 0 Å². The Morgan fingerprint density at radius 1 is 0.909 bits per heavy atom. The third-order valence-corrected chi connectivity index (χ3v) is 8.31. The zero-order valence-electron chi connectivity index (χ0n) is 7.15. The molecule has 0 aromatic carbocycles. The molecule has 0 aliphatic carbocycles. The van der Waals surface area contributed by atoms with Gasteiger partial charge in [-0.15, -0.1) is 0 Å². The first-order chi connectivity index (χ1) is 5.27. The molecule has 0 nitrogen and oxygen atoms in total. The second-order valence-corrected chi connectivity index (χ2v) is 23.7. The van der Waals surface area contributed by atoms with Crippen molar-refractivity contribution in [2.24, 2.45) is 0 Å². The van der Waals surface area contributed by atoms with Crippen molar-refractivity contribution < 1.29 is 0 Å². The second-order valence-electron chi connectivity index (χ2n) is 2.79. The first-order valence-electron chi connectivity index (χ1n) is 4.36. The van der Waals surface area contributed by atoms with Crippen molar-refractivity contribution in [3.8, 4) is 0 Å². The normalized spacial score (nSPS) is 10.9. The van der Waals surface area contributed by atoms with Crippen LogP contribution in [-0.4, -0.2) is 15.7 Å². The van der Waals surface area contributed by atoms with Crippen LogP contribution in [0.1, 0.15) is 45.4 Å². The van der Waals surface area contributed by atoms with E-state index < -0.39 is 15.7 Å². The van der Waals surface area contributed by atoms with Crippen molar-refractivity contribution in [2.75, 3.05) is 0 Å². The molecule has 3 heteroatoms. The van der Waals surface area contributed by atoms with E-state index in [1.807, 2.05) is 0 Å². The molecule has 0 aliphatic rings. The number of rotatable bonds is 7. The van der Waals surface area contributed by atoms with Gasteiger partial charge < -0.3 is 0 Å². The molecule has 0 amide bonds. The fourth-order valence-electron chi connectivity index (χ4n) is 1.01. The summed E-state index contributed by atoms with van der Waals surface area (Å²) in [4.78, 5) is 0. The van der Waals surface area contributed by atoms with Gasteiger partial charge in [-0.2, -0.15) is 0 Å². The fraction of sp³-hybridized carbons (Fsp3) is 1.00. The standard InChI is InChI=1S/C8H17.2BrH.Sb/c1-3-5-7-8-6-4-2;;;/h1,3-8H2,2H3;2*1H;/q;;;+2/p-2. The Hall–Kier alpha value is 1.78. The van der Waals surface area contributed by atoms with Crippen LogP contribution in [0.2, 0.25) is 4.37 Å². The van der Waals surface area contributed by atoms with Crippen molar-refractivity contribution in [2.45, 2.75) is 49.8 Å². The van der Waals surface area contributed by atoms with Crippen LogP contribution in [0.4, 0.5) is 0 Å². The van der Waals surface area contributed by atoms with Crippen LogP contribution in [0.15, 0.2) is 0 Å². The minimum atomic E-state index is -0.967. The molecule has 0 aromatic rings. The van der Waals surface area contributed by atoms with Gasteiger partial charge in [-0.25, -0.2) is 0 Å². The zero-order valence-corrected chi connectivity index (χ0v) is 12.9. The molecule has 0 aliphatic heterocycles. The Morgan fingerprint density at radius 3 is 2.00 bits per heavy atom. The molecule has 0 bridgehead atoms. The molecule has 0 atom stereocenters.